The predicted molar refractivity (Wildman–Crippen MR) is 100 cm³/mol. The second kappa shape index (κ2) is 8.65. The minimum atomic E-state index is 0.0561. The van der Waals surface area contributed by atoms with Crippen molar-refractivity contribution in [3.05, 3.63) is 65.2 Å². The zero-order valence-electron chi connectivity index (χ0n) is 15.2. The van der Waals surface area contributed by atoms with Crippen LogP contribution in [-0.4, -0.2) is 12.5 Å². The van der Waals surface area contributed by atoms with E-state index in [9.17, 15) is 4.79 Å². The molecule has 0 aromatic heterocycles. The number of nitrogens with two attached hydrogens (primary N) is 1. The smallest absolute Gasteiger partial charge is 0.279 e. The summed E-state index contributed by atoms with van der Waals surface area (Å²) in [6.07, 6.45) is 0.916. The fourth-order valence-electron chi connectivity index (χ4n) is 3.09. The van der Waals surface area contributed by atoms with Crippen LogP contribution in [0.4, 0.5) is 5.69 Å². The highest BCUT2D eigenvalue weighted by molar-refractivity contribution is 5.93. The van der Waals surface area contributed by atoms with Crippen LogP contribution in [0.2, 0.25) is 0 Å². The van der Waals surface area contributed by atoms with Crippen molar-refractivity contribution in [1.29, 1.82) is 0 Å². The van der Waals surface area contributed by atoms with Gasteiger partial charge in [-0.25, -0.2) is 0 Å². The first-order valence-electron chi connectivity index (χ1n) is 8.79. The fourth-order valence-corrected chi connectivity index (χ4v) is 3.09. The van der Waals surface area contributed by atoms with E-state index in [2.05, 4.69) is 61.7 Å². The second-order valence-electron chi connectivity index (χ2n) is 6.63. The van der Waals surface area contributed by atoms with Crippen molar-refractivity contribution in [2.24, 2.45) is 5.92 Å². The van der Waals surface area contributed by atoms with Crippen LogP contribution in [0, 0.1) is 12.8 Å². The van der Waals surface area contributed by atoms with Crippen LogP contribution in [0.25, 0.3) is 0 Å². The standard InChI is InChI=1S/C21H28N2O/c1-5-17-13-9-10-16(4)21(17)23-19(24)14-22-20(15(2)3)18-11-7-6-8-12-18/h6-13,15,20,22H,5,14H2,1-4H3,(H,23,24)/p+1/t20-/m0/s1. The molecule has 0 aliphatic carbocycles. The number of aryl methyl sites for hydroxylation is 2. The minimum Gasteiger partial charge on any atom is -0.332 e. The van der Waals surface area contributed by atoms with Gasteiger partial charge in [0, 0.05) is 17.2 Å². The van der Waals surface area contributed by atoms with Crippen molar-refractivity contribution < 1.29 is 10.1 Å². The molecule has 24 heavy (non-hydrogen) atoms. The average Bonchev–Trinajstić information content (AvgIpc) is 2.57. The summed E-state index contributed by atoms with van der Waals surface area (Å²) in [6, 6.07) is 16.9. The van der Waals surface area contributed by atoms with Crippen LogP contribution < -0.4 is 10.6 Å². The zero-order valence-corrected chi connectivity index (χ0v) is 15.2. The normalized spacial score (nSPS) is 12.2. The molecule has 2 rings (SSSR count). The topological polar surface area (TPSA) is 45.7 Å². The summed E-state index contributed by atoms with van der Waals surface area (Å²) in [6.45, 7) is 8.97. The molecule has 0 unspecified atom stereocenters. The lowest BCUT2D eigenvalue weighted by atomic mass is 9.96. The van der Waals surface area contributed by atoms with Crippen molar-refractivity contribution in [3.8, 4) is 0 Å². The van der Waals surface area contributed by atoms with E-state index in [4.69, 9.17) is 0 Å². The number of anilines is 1. The van der Waals surface area contributed by atoms with Crippen LogP contribution in [0.1, 0.15) is 43.5 Å². The molecule has 0 radical (unpaired) electrons. The number of carbonyl (C=O) groups excluding carboxylic acids is 1. The molecule has 0 saturated heterocycles. The van der Waals surface area contributed by atoms with Gasteiger partial charge in [0.1, 0.15) is 6.04 Å². The molecular formula is C21H29N2O+. The monoisotopic (exact) mass is 325 g/mol. The highest BCUT2D eigenvalue weighted by Gasteiger charge is 2.20. The Labute approximate surface area is 145 Å². The maximum absolute atomic E-state index is 12.4. The van der Waals surface area contributed by atoms with Gasteiger partial charge < -0.3 is 10.6 Å². The van der Waals surface area contributed by atoms with Gasteiger partial charge in [-0.2, -0.15) is 0 Å². The summed E-state index contributed by atoms with van der Waals surface area (Å²) in [5.74, 6) is 0.519. The molecule has 0 aliphatic rings. The highest BCUT2D eigenvalue weighted by atomic mass is 16.1. The molecule has 3 N–H and O–H groups in total. The van der Waals surface area contributed by atoms with Crippen molar-refractivity contribution in [2.75, 3.05) is 11.9 Å². The third-order valence-corrected chi connectivity index (χ3v) is 4.46. The molecule has 128 valence electrons. The minimum absolute atomic E-state index is 0.0561. The third kappa shape index (κ3) is 4.68. The molecule has 0 saturated carbocycles. The molecule has 2 aromatic rings. The first-order chi connectivity index (χ1) is 11.5. The first kappa shape index (κ1) is 18.2. The van der Waals surface area contributed by atoms with E-state index in [1.165, 1.54) is 11.1 Å². The predicted octanol–water partition coefficient (Wildman–Crippen LogP) is 3.46. The fraction of sp³-hybridized carbons (Fsp3) is 0.381. The Morgan fingerprint density at radius 2 is 1.79 bits per heavy atom. The number of benzene rings is 2. The number of hydrogen-bond donors (Lipinski definition) is 2. The van der Waals surface area contributed by atoms with E-state index in [0.29, 0.717) is 18.5 Å². The maximum atomic E-state index is 12.4. The van der Waals surface area contributed by atoms with Crippen LogP contribution in [0.5, 0.6) is 0 Å². The Hall–Kier alpha value is -2.13. The Balaban J connectivity index is 2.02. The van der Waals surface area contributed by atoms with E-state index in [-0.39, 0.29) is 5.91 Å². The van der Waals surface area contributed by atoms with Gasteiger partial charge in [0.2, 0.25) is 0 Å². The molecule has 0 heterocycles. The number of quaternary nitrogens is 1. The van der Waals surface area contributed by atoms with Gasteiger partial charge >= 0.3 is 0 Å². The van der Waals surface area contributed by atoms with Crippen molar-refractivity contribution >= 4 is 11.6 Å². The summed E-state index contributed by atoms with van der Waals surface area (Å²) < 4.78 is 0. The Kier molecular flexibility index (Phi) is 6.56. The molecule has 1 amide bonds. The number of rotatable bonds is 7. The van der Waals surface area contributed by atoms with E-state index >= 15 is 0 Å². The number of hydrogen-bond acceptors (Lipinski definition) is 1. The van der Waals surface area contributed by atoms with Crippen LogP contribution in [0.15, 0.2) is 48.5 Å². The van der Waals surface area contributed by atoms with Crippen LogP contribution in [-0.2, 0) is 11.2 Å². The van der Waals surface area contributed by atoms with Crippen LogP contribution in [0.3, 0.4) is 0 Å². The zero-order chi connectivity index (χ0) is 17.5. The number of nitrogens with one attached hydrogen (secondary N) is 1. The van der Waals surface area contributed by atoms with Gasteiger partial charge in [0.05, 0.1) is 0 Å². The van der Waals surface area contributed by atoms with E-state index in [1.54, 1.807) is 0 Å². The molecule has 3 nitrogen and oxygen atoms in total. The Morgan fingerprint density at radius 1 is 1.08 bits per heavy atom. The summed E-state index contributed by atoms with van der Waals surface area (Å²) >= 11 is 0. The molecule has 3 heteroatoms. The lowest BCUT2D eigenvalue weighted by Crippen LogP contribution is -2.88. The van der Waals surface area contributed by atoms with Gasteiger partial charge in [-0.05, 0) is 24.5 Å². The summed E-state index contributed by atoms with van der Waals surface area (Å²) in [7, 11) is 0. The molecule has 1 atom stereocenters. The quantitative estimate of drug-likeness (QED) is 0.804. The van der Waals surface area contributed by atoms with Gasteiger partial charge in [-0.15, -0.1) is 0 Å². The first-order valence-corrected chi connectivity index (χ1v) is 8.79. The number of carbonyl (C=O) groups is 1. The second-order valence-corrected chi connectivity index (χ2v) is 6.63. The molecule has 0 aliphatic heterocycles. The van der Waals surface area contributed by atoms with Crippen molar-refractivity contribution in [1.82, 2.24) is 0 Å². The average molecular weight is 325 g/mol. The van der Waals surface area contributed by atoms with Crippen molar-refractivity contribution in [2.45, 2.75) is 40.2 Å². The molecule has 2 aromatic carbocycles. The Bertz CT molecular complexity index is 665. The molecule has 0 bridgehead atoms. The van der Waals surface area contributed by atoms with Gasteiger partial charge in [-0.3, -0.25) is 4.79 Å². The molecule has 0 spiro atoms. The van der Waals surface area contributed by atoms with E-state index in [1.807, 2.05) is 25.1 Å². The highest BCUT2D eigenvalue weighted by Crippen LogP contribution is 2.21. The summed E-state index contributed by atoms with van der Waals surface area (Å²) in [5, 5.41) is 5.24. The summed E-state index contributed by atoms with van der Waals surface area (Å²) in [5.41, 5.74) is 4.54. The molecular weight excluding hydrogens is 296 g/mol. The lowest BCUT2D eigenvalue weighted by Gasteiger charge is -2.20. The van der Waals surface area contributed by atoms with Gasteiger partial charge in [-0.1, -0.05) is 69.3 Å². The summed E-state index contributed by atoms with van der Waals surface area (Å²) in [4.78, 5) is 12.4. The Morgan fingerprint density at radius 3 is 2.42 bits per heavy atom. The number of amides is 1. The van der Waals surface area contributed by atoms with Crippen molar-refractivity contribution in [3.63, 3.8) is 0 Å². The number of para-hydroxylation sites is 1. The van der Waals surface area contributed by atoms with E-state index < -0.39 is 0 Å². The third-order valence-electron chi connectivity index (χ3n) is 4.46. The lowest BCUT2D eigenvalue weighted by molar-refractivity contribution is -0.692. The molecule has 0 fully saturated rings. The van der Waals surface area contributed by atoms with Gasteiger partial charge in [0.25, 0.3) is 5.91 Å². The SMILES string of the molecule is CCc1cccc(C)c1NC(=O)C[NH2+][C@H](c1ccccc1)C(C)C. The van der Waals surface area contributed by atoms with Gasteiger partial charge in [0.15, 0.2) is 6.54 Å². The van der Waals surface area contributed by atoms with Crippen LogP contribution >= 0.6 is 0 Å². The van der Waals surface area contributed by atoms with E-state index in [0.717, 1.165) is 17.7 Å². The maximum Gasteiger partial charge on any atom is 0.279 e. The largest absolute Gasteiger partial charge is 0.332 e.